The molecule has 3 heterocycles. The van der Waals surface area contributed by atoms with Crippen LogP contribution in [0.3, 0.4) is 0 Å². The number of hydrogen-bond acceptors (Lipinski definition) is 5. The maximum Gasteiger partial charge on any atom is 0.155 e. The highest BCUT2D eigenvalue weighted by atomic mass is 16.5. The third-order valence-electron chi connectivity index (χ3n) is 12.4. The van der Waals surface area contributed by atoms with Crippen LogP contribution in [0.15, 0.2) is 182 Å². The fourth-order valence-corrected chi connectivity index (χ4v) is 9.28. The molecule has 59 heavy (non-hydrogen) atoms. The minimum atomic E-state index is -0.284. The van der Waals surface area contributed by atoms with Gasteiger partial charge in [-0.2, -0.15) is 0 Å². The van der Waals surface area contributed by atoms with E-state index in [0.29, 0.717) is 0 Å². The van der Waals surface area contributed by atoms with Crippen molar-refractivity contribution >= 4 is 34.1 Å². The number of benzene rings is 8. The van der Waals surface area contributed by atoms with Crippen LogP contribution in [0.5, 0.6) is 34.5 Å². The van der Waals surface area contributed by atoms with Crippen LogP contribution in [0.2, 0.25) is 0 Å². The van der Waals surface area contributed by atoms with Crippen molar-refractivity contribution in [2.45, 2.75) is 38.5 Å². The number of anilines is 6. The smallest absolute Gasteiger partial charge is 0.155 e. The van der Waals surface area contributed by atoms with Gasteiger partial charge in [-0.25, -0.2) is 0 Å². The van der Waals surface area contributed by atoms with Gasteiger partial charge in [-0.05, 0) is 72.3 Å². The molecule has 8 aromatic carbocycles. The van der Waals surface area contributed by atoms with Crippen LogP contribution in [0.25, 0.3) is 11.1 Å². The fourth-order valence-electron chi connectivity index (χ4n) is 9.28. The Morgan fingerprint density at radius 1 is 0.407 bits per heavy atom. The molecule has 0 aromatic heterocycles. The topological polar surface area (TPSA) is 34.2 Å². The molecule has 0 bridgehead atoms. The average molecular weight is 767 g/mol. The van der Waals surface area contributed by atoms with Gasteiger partial charge in [0.1, 0.15) is 17.2 Å². The van der Waals surface area contributed by atoms with Gasteiger partial charge in [-0.15, -0.1) is 0 Å². The summed E-state index contributed by atoms with van der Waals surface area (Å²) >= 11 is 0. The van der Waals surface area contributed by atoms with E-state index < -0.39 is 0 Å². The second-order valence-electron chi connectivity index (χ2n) is 16.6. The first kappa shape index (κ1) is 35.0. The first-order valence-electron chi connectivity index (χ1n) is 20.3. The van der Waals surface area contributed by atoms with Crippen molar-refractivity contribution < 1.29 is 14.2 Å². The van der Waals surface area contributed by atoms with Crippen molar-refractivity contribution in [3.8, 4) is 45.6 Å². The van der Waals surface area contributed by atoms with Crippen molar-refractivity contribution in [3.63, 3.8) is 0 Å². The molecule has 3 aliphatic heterocycles. The minimum Gasteiger partial charge on any atom is -0.456 e. The highest BCUT2D eigenvalue weighted by molar-refractivity contribution is 5.90. The SMILES string of the molecule is CC1(C)c2ccccc2Oc2c(-c3ccc(N(c4ccc5c(c4)Oc4ccccc4N5c4ccccc4)c4cccc5c4Oc4ccccc4C5(C)C)cc3)cccc21. The minimum absolute atomic E-state index is 0.207. The maximum absolute atomic E-state index is 6.91. The van der Waals surface area contributed by atoms with Crippen LogP contribution in [-0.2, 0) is 10.8 Å². The van der Waals surface area contributed by atoms with E-state index >= 15 is 0 Å². The Hall–Kier alpha value is -7.24. The van der Waals surface area contributed by atoms with Gasteiger partial charge in [-0.3, -0.25) is 0 Å². The summed E-state index contributed by atoms with van der Waals surface area (Å²) in [4.78, 5) is 4.56. The molecule has 5 heteroatoms. The summed E-state index contributed by atoms with van der Waals surface area (Å²) < 4.78 is 20.3. The van der Waals surface area contributed by atoms with Crippen LogP contribution >= 0.6 is 0 Å². The van der Waals surface area contributed by atoms with Gasteiger partial charge >= 0.3 is 0 Å². The van der Waals surface area contributed by atoms with Crippen molar-refractivity contribution in [1.82, 2.24) is 0 Å². The second kappa shape index (κ2) is 13.2. The summed E-state index contributed by atoms with van der Waals surface area (Å²) in [6.45, 7) is 9.11. The zero-order valence-corrected chi connectivity index (χ0v) is 33.4. The predicted molar refractivity (Wildman–Crippen MR) is 239 cm³/mol. The Bertz CT molecular complexity index is 2930. The monoisotopic (exact) mass is 766 g/mol. The Labute approximate surface area is 345 Å². The maximum atomic E-state index is 6.91. The van der Waals surface area contributed by atoms with E-state index in [1.807, 2.05) is 30.3 Å². The van der Waals surface area contributed by atoms with Crippen LogP contribution in [0.1, 0.15) is 49.9 Å². The third-order valence-corrected chi connectivity index (χ3v) is 12.4. The van der Waals surface area contributed by atoms with E-state index in [2.05, 4.69) is 189 Å². The van der Waals surface area contributed by atoms with Crippen molar-refractivity contribution in [2.24, 2.45) is 0 Å². The fraction of sp³-hybridized carbons (Fsp3) is 0.111. The number of nitrogens with zero attached hydrogens (tertiary/aromatic N) is 2. The normalized spacial score (nSPS) is 14.7. The number of rotatable bonds is 5. The van der Waals surface area contributed by atoms with Crippen molar-refractivity contribution in [1.29, 1.82) is 0 Å². The molecular weight excluding hydrogens is 725 g/mol. The Balaban J connectivity index is 1.07. The second-order valence-corrected chi connectivity index (χ2v) is 16.6. The molecule has 0 atom stereocenters. The van der Waals surface area contributed by atoms with Crippen LogP contribution in [0.4, 0.5) is 34.1 Å². The third kappa shape index (κ3) is 5.45. The van der Waals surface area contributed by atoms with Crippen LogP contribution < -0.4 is 24.0 Å². The van der Waals surface area contributed by atoms with E-state index in [1.54, 1.807) is 0 Å². The van der Waals surface area contributed by atoms with Crippen LogP contribution in [-0.4, -0.2) is 0 Å². The summed E-state index contributed by atoms with van der Waals surface area (Å²) in [5.74, 6) is 5.08. The molecule has 8 aromatic rings. The summed E-state index contributed by atoms with van der Waals surface area (Å²) in [5.41, 5.74) is 12.2. The molecule has 0 amide bonds. The van der Waals surface area contributed by atoms with Crippen molar-refractivity contribution in [3.05, 3.63) is 204 Å². The van der Waals surface area contributed by atoms with Gasteiger partial charge < -0.3 is 24.0 Å². The van der Waals surface area contributed by atoms with E-state index in [4.69, 9.17) is 14.2 Å². The number of fused-ring (bicyclic) bond motifs is 6. The molecule has 5 nitrogen and oxygen atoms in total. The lowest BCUT2D eigenvalue weighted by molar-refractivity contribution is 0.419. The average Bonchev–Trinajstić information content (AvgIpc) is 3.26. The number of ether oxygens (including phenoxy) is 3. The molecule has 0 saturated heterocycles. The molecule has 11 rings (SSSR count). The highest BCUT2D eigenvalue weighted by Gasteiger charge is 2.38. The molecule has 0 unspecified atom stereocenters. The zero-order valence-electron chi connectivity index (χ0n) is 33.4. The first-order chi connectivity index (χ1) is 28.8. The van der Waals surface area contributed by atoms with Crippen molar-refractivity contribution in [2.75, 3.05) is 9.80 Å². The first-order valence-corrected chi connectivity index (χ1v) is 20.3. The van der Waals surface area contributed by atoms with Gasteiger partial charge in [0.05, 0.1) is 22.7 Å². The Morgan fingerprint density at radius 3 is 1.66 bits per heavy atom. The summed E-state index contributed by atoms with van der Waals surface area (Å²) in [5, 5.41) is 0. The van der Waals surface area contributed by atoms with Gasteiger partial charge in [0.2, 0.25) is 0 Å². The standard InChI is InChI=1S/C54H42N2O3/c1-53(2)40-19-8-11-25-47(40)58-51-39(18-14-21-42(51)53)35-28-30-37(31-29-35)55(46-24-15-22-43-52(46)59-48-26-12-9-20-41(48)54(43,3)4)38-32-33-45-50(34-38)57-49-27-13-10-23-44(49)56(45)36-16-6-5-7-17-36/h5-34H,1-4H3. The molecule has 0 radical (unpaired) electrons. The van der Waals surface area contributed by atoms with Gasteiger partial charge in [-0.1, -0.05) is 137 Å². The predicted octanol–water partition coefficient (Wildman–Crippen LogP) is 15.3. The lowest BCUT2D eigenvalue weighted by Gasteiger charge is -2.38. The molecule has 0 N–H and O–H groups in total. The van der Waals surface area contributed by atoms with E-state index in [-0.39, 0.29) is 10.8 Å². The van der Waals surface area contributed by atoms with E-state index in [9.17, 15) is 0 Å². The lowest BCUT2D eigenvalue weighted by atomic mass is 9.75. The van der Waals surface area contributed by atoms with Gasteiger partial charge in [0.15, 0.2) is 17.2 Å². The summed E-state index contributed by atoms with van der Waals surface area (Å²) in [7, 11) is 0. The zero-order chi connectivity index (χ0) is 39.9. The molecular formula is C54H42N2O3. The van der Waals surface area contributed by atoms with E-state index in [1.165, 1.54) is 16.7 Å². The molecule has 0 saturated carbocycles. The largest absolute Gasteiger partial charge is 0.456 e. The number of hydrogen-bond donors (Lipinski definition) is 0. The number of para-hydroxylation sites is 7. The van der Waals surface area contributed by atoms with E-state index in [0.717, 1.165) is 85.3 Å². The van der Waals surface area contributed by atoms with Gasteiger partial charge in [0.25, 0.3) is 0 Å². The summed E-state index contributed by atoms with van der Waals surface area (Å²) in [6, 6.07) is 63.7. The lowest BCUT2D eigenvalue weighted by Crippen LogP contribution is -2.25. The highest BCUT2D eigenvalue weighted by Crippen LogP contribution is 2.56. The Morgan fingerprint density at radius 2 is 0.949 bits per heavy atom. The van der Waals surface area contributed by atoms with Gasteiger partial charge in [0, 0.05) is 56.1 Å². The Kier molecular flexibility index (Phi) is 7.79. The van der Waals surface area contributed by atoms with Crippen LogP contribution in [0, 0.1) is 0 Å². The molecule has 0 aliphatic carbocycles. The molecule has 0 spiro atoms. The summed E-state index contributed by atoms with van der Waals surface area (Å²) in [6.07, 6.45) is 0. The molecule has 0 fully saturated rings. The molecule has 3 aliphatic rings. The quantitative estimate of drug-likeness (QED) is 0.174. The molecule has 286 valence electrons.